The summed E-state index contributed by atoms with van der Waals surface area (Å²) in [6.07, 6.45) is 0. The number of para-hydroxylation sites is 2. The highest BCUT2D eigenvalue weighted by Crippen LogP contribution is 2.26. The molecule has 4 N–H and O–H groups in total. The standard InChI is InChI=1S/C14H18N4O3/c15-13(19)12-8-21-6-5-18(12)14(20)11-7-16-9-3-1-2-4-10(9)17-11/h1-4,11-12,16-17H,5-8H2,(H2,15,19). The Kier molecular flexibility index (Phi) is 3.66. The van der Waals surface area contributed by atoms with E-state index in [1.165, 1.54) is 4.90 Å². The lowest BCUT2D eigenvalue weighted by Crippen LogP contribution is -2.59. The number of morpholine rings is 1. The van der Waals surface area contributed by atoms with Crippen LogP contribution in [0.25, 0.3) is 0 Å². The van der Waals surface area contributed by atoms with Gasteiger partial charge in [0.25, 0.3) is 0 Å². The molecule has 0 aliphatic carbocycles. The van der Waals surface area contributed by atoms with E-state index >= 15 is 0 Å². The molecule has 0 bridgehead atoms. The first-order valence-corrected chi connectivity index (χ1v) is 6.94. The van der Waals surface area contributed by atoms with E-state index in [9.17, 15) is 9.59 Å². The molecule has 3 rings (SSSR count). The van der Waals surface area contributed by atoms with Gasteiger partial charge in [-0.05, 0) is 12.1 Å². The van der Waals surface area contributed by atoms with Crippen molar-refractivity contribution in [2.45, 2.75) is 12.1 Å². The minimum absolute atomic E-state index is 0.135. The van der Waals surface area contributed by atoms with Crippen LogP contribution in [-0.4, -0.2) is 55.1 Å². The van der Waals surface area contributed by atoms with Gasteiger partial charge >= 0.3 is 0 Å². The minimum Gasteiger partial charge on any atom is -0.381 e. The third-order valence-electron chi connectivity index (χ3n) is 3.79. The second kappa shape index (κ2) is 5.61. The van der Waals surface area contributed by atoms with E-state index in [1.807, 2.05) is 24.3 Å². The third kappa shape index (κ3) is 2.64. The van der Waals surface area contributed by atoms with Crippen LogP contribution in [0.3, 0.4) is 0 Å². The van der Waals surface area contributed by atoms with Crippen molar-refractivity contribution in [1.82, 2.24) is 4.90 Å². The summed E-state index contributed by atoms with van der Waals surface area (Å²) in [4.78, 5) is 25.6. The molecule has 2 amide bonds. The van der Waals surface area contributed by atoms with Gasteiger partial charge in [-0.25, -0.2) is 0 Å². The molecule has 2 aliphatic heterocycles. The number of carbonyl (C=O) groups is 2. The van der Waals surface area contributed by atoms with Crippen molar-refractivity contribution in [2.75, 3.05) is 36.9 Å². The quantitative estimate of drug-likeness (QED) is 0.689. The fourth-order valence-electron chi connectivity index (χ4n) is 2.67. The summed E-state index contributed by atoms with van der Waals surface area (Å²) >= 11 is 0. The van der Waals surface area contributed by atoms with E-state index < -0.39 is 18.0 Å². The number of rotatable bonds is 2. The lowest BCUT2D eigenvalue weighted by molar-refractivity contribution is -0.147. The zero-order chi connectivity index (χ0) is 14.8. The highest BCUT2D eigenvalue weighted by atomic mass is 16.5. The molecule has 0 radical (unpaired) electrons. The summed E-state index contributed by atoms with van der Waals surface area (Å²) in [5.41, 5.74) is 7.20. The topological polar surface area (TPSA) is 96.7 Å². The van der Waals surface area contributed by atoms with Crippen LogP contribution in [0.1, 0.15) is 0 Å². The first-order valence-electron chi connectivity index (χ1n) is 6.94. The van der Waals surface area contributed by atoms with Crippen LogP contribution >= 0.6 is 0 Å². The number of ether oxygens (including phenoxy) is 1. The van der Waals surface area contributed by atoms with Gasteiger partial charge < -0.3 is 26.0 Å². The summed E-state index contributed by atoms with van der Waals surface area (Å²) in [5.74, 6) is -0.670. The van der Waals surface area contributed by atoms with Crippen molar-refractivity contribution in [1.29, 1.82) is 0 Å². The number of nitrogens with zero attached hydrogens (tertiary/aromatic N) is 1. The summed E-state index contributed by atoms with van der Waals surface area (Å²) in [6.45, 7) is 1.44. The molecule has 7 heteroatoms. The Morgan fingerprint density at radius 3 is 2.81 bits per heavy atom. The van der Waals surface area contributed by atoms with Crippen molar-refractivity contribution in [3.63, 3.8) is 0 Å². The molecule has 112 valence electrons. The Balaban J connectivity index is 1.75. The number of anilines is 2. The van der Waals surface area contributed by atoms with Gasteiger partial charge in [0.05, 0.1) is 24.6 Å². The maximum Gasteiger partial charge on any atom is 0.247 e. The number of benzene rings is 1. The van der Waals surface area contributed by atoms with Gasteiger partial charge in [-0.3, -0.25) is 9.59 Å². The number of hydrogen-bond donors (Lipinski definition) is 3. The zero-order valence-electron chi connectivity index (χ0n) is 11.5. The molecule has 2 aliphatic rings. The third-order valence-corrected chi connectivity index (χ3v) is 3.79. The number of fused-ring (bicyclic) bond motifs is 1. The van der Waals surface area contributed by atoms with Gasteiger partial charge in [-0.1, -0.05) is 12.1 Å². The number of amides is 2. The molecular formula is C14H18N4O3. The Labute approximate surface area is 122 Å². The first kappa shape index (κ1) is 13.7. The average Bonchev–Trinajstić information content (AvgIpc) is 2.53. The second-order valence-electron chi connectivity index (χ2n) is 5.15. The van der Waals surface area contributed by atoms with Gasteiger partial charge in [0.15, 0.2) is 0 Å². The van der Waals surface area contributed by atoms with Crippen LogP contribution in [-0.2, 0) is 14.3 Å². The number of carbonyl (C=O) groups excluding carboxylic acids is 2. The van der Waals surface area contributed by atoms with Gasteiger partial charge in [-0.2, -0.15) is 0 Å². The Bertz CT molecular complexity index is 563. The Morgan fingerprint density at radius 2 is 2.05 bits per heavy atom. The van der Waals surface area contributed by atoms with Crippen molar-refractivity contribution in [3.8, 4) is 0 Å². The first-order chi connectivity index (χ1) is 10.2. The van der Waals surface area contributed by atoms with Gasteiger partial charge in [0.2, 0.25) is 11.8 Å². The van der Waals surface area contributed by atoms with Crippen LogP contribution in [0.4, 0.5) is 11.4 Å². The Hall–Kier alpha value is -2.28. The number of nitrogens with two attached hydrogens (primary N) is 1. The van der Waals surface area contributed by atoms with E-state index in [-0.39, 0.29) is 12.5 Å². The molecule has 2 unspecified atom stereocenters. The van der Waals surface area contributed by atoms with Crippen LogP contribution in [0.5, 0.6) is 0 Å². The van der Waals surface area contributed by atoms with Crippen LogP contribution in [0, 0.1) is 0 Å². The van der Waals surface area contributed by atoms with E-state index in [1.54, 1.807) is 0 Å². The molecule has 2 atom stereocenters. The lowest BCUT2D eigenvalue weighted by Gasteiger charge is -2.37. The Morgan fingerprint density at radius 1 is 1.29 bits per heavy atom. The zero-order valence-corrected chi connectivity index (χ0v) is 11.5. The predicted octanol–water partition coefficient (Wildman–Crippen LogP) is -0.395. The molecule has 0 saturated carbocycles. The molecule has 7 nitrogen and oxygen atoms in total. The highest BCUT2D eigenvalue weighted by Gasteiger charge is 2.36. The summed E-state index contributed by atoms with van der Waals surface area (Å²) in [5, 5.41) is 6.43. The molecule has 1 aromatic rings. The van der Waals surface area contributed by atoms with E-state index in [2.05, 4.69) is 10.6 Å². The van der Waals surface area contributed by atoms with Crippen molar-refractivity contribution in [2.24, 2.45) is 5.73 Å². The minimum atomic E-state index is -0.690. The van der Waals surface area contributed by atoms with Crippen molar-refractivity contribution >= 4 is 23.2 Å². The number of nitrogens with one attached hydrogen (secondary N) is 2. The van der Waals surface area contributed by atoms with Crippen molar-refractivity contribution < 1.29 is 14.3 Å². The molecule has 0 spiro atoms. The number of hydrogen-bond acceptors (Lipinski definition) is 5. The number of primary amides is 1. The van der Waals surface area contributed by atoms with E-state index in [0.29, 0.717) is 19.7 Å². The molecule has 0 aromatic heterocycles. The monoisotopic (exact) mass is 290 g/mol. The second-order valence-corrected chi connectivity index (χ2v) is 5.15. The fourth-order valence-corrected chi connectivity index (χ4v) is 2.67. The van der Waals surface area contributed by atoms with Crippen LogP contribution in [0.15, 0.2) is 24.3 Å². The average molecular weight is 290 g/mol. The van der Waals surface area contributed by atoms with Crippen molar-refractivity contribution in [3.05, 3.63) is 24.3 Å². The normalized spacial score (nSPS) is 24.5. The molecule has 21 heavy (non-hydrogen) atoms. The maximum atomic E-state index is 12.6. The van der Waals surface area contributed by atoms with E-state index in [0.717, 1.165) is 11.4 Å². The summed E-state index contributed by atoms with van der Waals surface area (Å²) in [7, 11) is 0. The summed E-state index contributed by atoms with van der Waals surface area (Å²) < 4.78 is 5.24. The molecule has 1 fully saturated rings. The fraction of sp³-hybridized carbons (Fsp3) is 0.429. The lowest BCUT2D eigenvalue weighted by atomic mass is 10.1. The predicted molar refractivity (Wildman–Crippen MR) is 77.9 cm³/mol. The largest absolute Gasteiger partial charge is 0.381 e. The van der Waals surface area contributed by atoms with Gasteiger partial charge in [-0.15, -0.1) is 0 Å². The summed E-state index contributed by atoms with van der Waals surface area (Å²) in [6, 6.07) is 6.59. The molecule has 2 heterocycles. The maximum absolute atomic E-state index is 12.6. The highest BCUT2D eigenvalue weighted by molar-refractivity contribution is 5.92. The van der Waals surface area contributed by atoms with Gasteiger partial charge in [0, 0.05) is 13.1 Å². The SMILES string of the molecule is NC(=O)C1COCCN1C(=O)C1CNc2ccccc2N1. The molecule has 1 aromatic carbocycles. The van der Waals surface area contributed by atoms with Crippen LogP contribution < -0.4 is 16.4 Å². The van der Waals surface area contributed by atoms with Crippen LogP contribution in [0.2, 0.25) is 0 Å². The molecular weight excluding hydrogens is 272 g/mol. The van der Waals surface area contributed by atoms with E-state index in [4.69, 9.17) is 10.5 Å². The van der Waals surface area contributed by atoms with Gasteiger partial charge in [0.1, 0.15) is 12.1 Å². The smallest absolute Gasteiger partial charge is 0.247 e. The molecule has 1 saturated heterocycles.